The number of nitrogens with one attached hydrogen (secondary N) is 1. The highest BCUT2D eigenvalue weighted by Gasteiger charge is 2.20. The summed E-state index contributed by atoms with van der Waals surface area (Å²) in [5, 5.41) is 11.7. The van der Waals surface area contributed by atoms with Crippen molar-refractivity contribution in [2.75, 3.05) is 5.32 Å². The van der Waals surface area contributed by atoms with E-state index in [2.05, 4.69) is 10.3 Å². The predicted octanol–water partition coefficient (Wildman–Crippen LogP) is 3.99. The minimum absolute atomic E-state index is 0.0230. The van der Waals surface area contributed by atoms with Crippen molar-refractivity contribution >= 4 is 52.4 Å². The minimum Gasteiger partial charge on any atom is -0.478 e. The second-order valence-electron chi connectivity index (χ2n) is 3.88. The number of pyridine rings is 1. The number of carbonyl (C=O) groups excluding carboxylic acids is 1. The van der Waals surface area contributed by atoms with E-state index in [-0.39, 0.29) is 32.1 Å². The Morgan fingerprint density at radius 3 is 2.33 bits per heavy atom. The number of aromatic carboxylic acids is 1. The van der Waals surface area contributed by atoms with Gasteiger partial charge in [-0.1, -0.05) is 40.9 Å². The number of aromatic nitrogens is 1. The van der Waals surface area contributed by atoms with Gasteiger partial charge < -0.3 is 10.4 Å². The summed E-state index contributed by atoms with van der Waals surface area (Å²) in [6.07, 6.45) is 0. The second-order valence-corrected chi connectivity index (χ2v) is 5.09. The quantitative estimate of drug-likeness (QED) is 0.824. The zero-order chi connectivity index (χ0) is 15.6. The first kappa shape index (κ1) is 15.6. The van der Waals surface area contributed by atoms with Crippen molar-refractivity contribution in [2.24, 2.45) is 0 Å². The molecule has 0 atom stereocenters. The SMILES string of the molecule is O=C(Nc1c(Cl)ccc(Cl)c1C(=O)O)c1cccc(Cl)n1. The summed E-state index contributed by atoms with van der Waals surface area (Å²) in [7, 11) is 0. The molecule has 0 saturated heterocycles. The molecule has 2 aromatic rings. The maximum Gasteiger partial charge on any atom is 0.339 e. The lowest BCUT2D eigenvalue weighted by Crippen LogP contribution is -2.16. The molecule has 5 nitrogen and oxygen atoms in total. The third-order valence-electron chi connectivity index (χ3n) is 2.50. The number of nitrogens with zero attached hydrogens (tertiary/aromatic N) is 1. The lowest BCUT2D eigenvalue weighted by Gasteiger charge is -2.11. The van der Waals surface area contributed by atoms with Crippen LogP contribution in [0.4, 0.5) is 5.69 Å². The molecular formula is C13H7Cl3N2O3. The van der Waals surface area contributed by atoms with Gasteiger partial charge in [0.05, 0.1) is 15.7 Å². The van der Waals surface area contributed by atoms with Gasteiger partial charge in [-0.15, -0.1) is 0 Å². The average Bonchev–Trinajstić information content (AvgIpc) is 2.42. The van der Waals surface area contributed by atoms with E-state index in [9.17, 15) is 9.59 Å². The van der Waals surface area contributed by atoms with Crippen molar-refractivity contribution in [3.8, 4) is 0 Å². The van der Waals surface area contributed by atoms with Crippen molar-refractivity contribution in [1.82, 2.24) is 4.98 Å². The topological polar surface area (TPSA) is 79.3 Å². The Balaban J connectivity index is 2.42. The molecule has 2 N–H and O–H groups in total. The summed E-state index contributed by atoms with van der Waals surface area (Å²) >= 11 is 17.4. The Labute approximate surface area is 134 Å². The third kappa shape index (κ3) is 3.44. The molecule has 1 heterocycles. The number of hydrogen-bond donors (Lipinski definition) is 2. The molecule has 108 valence electrons. The molecular weight excluding hydrogens is 339 g/mol. The number of rotatable bonds is 3. The minimum atomic E-state index is -1.31. The standard InChI is InChI=1S/C13H7Cl3N2O3/c14-6-4-5-7(15)11(10(6)13(20)21)18-12(19)8-2-1-3-9(16)17-8/h1-5H,(H,18,19)(H,20,21). The van der Waals surface area contributed by atoms with E-state index in [0.29, 0.717) is 0 Å². The Kier molecular flexibility index (Phi) is 4.67. The number of anilines is 1. The summed E-state index contributed by atoms with van der Waals surface area (Å²) in [4.78, 5) is 27.1. The van der Waals surface area contributed by atoms with Gasteiger partial charge in [0, 0.05) is 0 Å². The Hall–Kier alpha value is -1.82. The van der Waals surface area contributed by atoms with Crippen LogP contribution in [0.15, 0.2) is 30.3 Å². The van der Waals surface area contributed by atoms with E-state index in [4.69, 9.17) is 39.9 Å². The van der Waals surface area contributed by atoms with Crippen LogP contribution in [0.3, 0.4) is 0 Å². The average molecular weight is 346 g/mol. The highest BCUT2D eigenvalue weighted by Crippen LogP contribution is 2.32. The zero-order valence-electron chi connectivity index (χ0n) is 10.2. The summed E-state index contributed by atoms with van der Waals surface area (Å²) < 4.78 is 0. The summed E-state index contributed by atoms with van der Waals surface area (Å²) in [6, 6.07) is 7.20. The van der Waals surface area contributed by atoms with Gasteiger partial charge in [-0.3, -0.25) is 4.79 Å². The first-order valence-corrected chi connectivity index (χ1v) is 6.68. The molecule has 2 rings (SSSR count). The van der Waals surface area contributed by atoms with Crippen molar-refractivity contribution < 1.29 is 14.7 Å². The molecule has 1 aromatic heterocycles. The molecule has 0 radical (unpaired) electrons. The molecule has 0 spiro atoms. The molecule has 8 heteroatoms. The van der Waals surface area contributed by atoms with Gasteiger partial charge in [-0.2, -0.15) is 0 Å². The smallest absolute Gasteiger partial charge is 0.339 e. The molecule has 1 amide bonds. The summed E-state index contributed by atoms with van der Waals surface area (Å²) in [6.45, 7) is 0. The maximum absolute atomic E-state index is 12.1. The van der Waals surface area contributed by atoms with Crippen LogP contribution in [0.25, 0.3) is 0 Å². The van der Waals surface area contributed by atoms with Crippen molar-refractivity contribution in [3.05, 3.63) is 56.8 Å². The predicted molar refractivity (Wildman–Crippen MR) is 80.6 cm³/mol. The van der Waals surface area contributed by atoms with Crippen LogP contribution in [0.2, 0.25) is 15.2 Å². The number of carbonyl (C=O) groups is 2. The fourth-order valence-electron chi connectivity index (χ4n) is 1.60. The van der Waals surface area contributed by atoms with Crippen LogP contribution in [0.1, 0.15) is 20.8 Å². The van der Waals surface area contributed by atoms with Gasteiger partial charge in [-0.25, -0.2) is 9.78 Å². The molecule has 0 unspecified atom stereocenters. The van der Waals surface area contributed by atoms with Gasteiger partial charge >= 0.3 is 5.97 Å². The van der Waals surface area contributed by atoms with E-state index in [1.165, 1.54) is 24.3 Å². The number of carboxylic acids is 1. The van der Waals surface area contributed by atoms with Crippen molar-refractivity contribution in [3.63, 3.8) is 0 Å². The van der Waals surface area contributed by atoms with E-state index >= 15 is 0 Å². The number of hydrogen-bond acceptors (Lipinski definition) is 3. The van der Waals surface area contributed by atoms with E-state index in [1.54, 1.807) is 6.07 Å². The lowest BCUT2D eigenvalue weighted by molar-refractivity contribution is 0.0698. The van der Waals surface area contributed by atoms with Gasteiger partial charge in [-0.05, 0) is 24.3 Å². The van der Waals surface area contributed by atoms with Crippen molar-refractivity contribution in [1.29, 1.82) is 0 Å². The zero-order valence-corrected chi connectivity index (χ0v) is 12.5. The largest absolute Gasteiger partial charge is 0.478 e. The molecule has 0 saturated carbocycles. The number of halogens is 3. The highest BCUT2D eigenvalue weighted by atomic mass is 35.5. The van der Waals surface area contributed by atoms with E-state index in [1.807, 2.05) is 0 Å². The highest BCUT2D eigenvalue weighted by molar-refractivity contribution is 6.38. The van der Waals surface area contributed by atoms with Gasteiger partial charge in [0.15, 0.2) is 0 Å². The first-order valence-electron chi connectivity index (χ1n) is 5.55. The second kappa shape index (κ2) is 6.30. The molecule has 21 heavy (non-hydrogen) atoms. The first-order chi connectivity index (χ1) is 9.90. The summed E-state index contributed by atoms with van der Waals surface area (Å²) in [5.74, 6) is -1.96. The monoisotopic (exact) mass is 344 g/mol. The van der Waals surface area contributed by atoms with Crippen LogP contribution in [-0.2, 0) is 0 Å². The van der Waals surface area contributed by atoms with Gasteiger partial charge in [0.25, 0.3) is 5.91 Å². The van der Waals surface area contributed by atoms with Crippen molar-refractivity contribution in [2.45, 2.75) is 0 Å². The number of carboxylic acid groups (broad SMARTS) is 1. The fourth-order valence-corrected chi connectivity index (χ4v) is 2.20. The van der Waals surface area contributed by atoms with E-state index in [0.717, 1.165) is 0 Å². The van der Waals surface area contributed by atoms with Crippen LogP contribution in [0.5, 0.6) is 0 Å². The van der Waals surface area contributed by atoms with Gasteiger partial charge in [0.2, 0.25) is 0 Å². The molecule has 0 aliphatic heterocycles. The van der Waals surface area contributed by atoms with Crippen LogP contribution in [-0.4, -0.2) is 22.0 Å². The molecule has 0 fully saturated rings. The molecule has 0 aliphatic rings. The lowest BCUT2D eigenvalue weighted by atomic mass is 10.1. The Bertz CT molecular complexity index is 735. The normalized spacial score (nSPS) is 10.2. The third-order valence-corrected chi connectivity index (χ3v) is 3.34. The Morgan fingerprint density at radius 1 is 1.05 bits per heavy atom. The number of amides is 1. The number of benzene rings is 1. The molecule has 0 bridgehead atoms. The van der Waals surface area contributed by atoms with Gasteiger partial charge in [0.1, 0.15) is 16.4 Å². The van der Waals surface area contributed by atoms with Crippen LogP contribution in [0, 0.1) is 0 Å². The summed E-state index contributed by atoms with van der Waals surface area (Å²) in [5.41, 5.74) is -0.363. The fraction of sp³-hybridized carbons (Fsp3) is 0. The van der Waals surface area contributed by atoms with Crippen LogP contribution < -0.4 is 5.32 Å². The maximum atomic E-state index is 12.1. The van der Waals surface area contributed by atoms with E-state index < -0.39 is 11.9 Å². The van der Waals surface area contributed by atoms with Crippen LogP contribution >= 0.6 is 34.8 Å². The molecule has 1 aromatic carbocycles. The Morgan fingerprint density at radius 2 is 1.71 bits per heavy atom. The molecule has 0 aliphatic carbocycles.